The van der Waals surface area contributed by atoms with Crippen LogP contribution in [0.3, 0.4) is 0 Å². The van der Waals surface area contributed by atoms with Crippen LogP contribution in [-0.4, -0.2) is 53.2 Å². The topological polar surface area (TPSA) is 92.9 Å². The summed E-state index contributed by atoms with van der Waals surface area (Å²) in [4.78, 5) is 23.7. The van der Waals surface area contributed by atoms with Gasteiger partial charge in [0.2, 0.25) is 5.91 Å². The van der Waals surface area contributed by atoms with E-state index in [1.165, 1.54) is 0 Å². The van der Waals surface area contributed by atoms with Gasteiger partial charge >= 0.3 is 5.97 Å². The van der Waals surface area contributed by atoms with E-state index in [9.17, 15) is 9.59 Å². The number of ether oxygens (including phenoxy) is 1. The van der Waals surface area contributed by atoms with Crippen LogP contribution in [0.15, 0.2) is 0 Å². The van der Waals surface area contributed by atoms with Gasteiger partial charge in [0.05, 0.1) is 13.1 Å². The maximum Gasteiger partial charge on any atom is 0.329 e. The lowest BCUT2D eigenvalue weighted by molar-refractivity contribution is -0.173. The first-order valence-corrected chi connectivity index (χ1v) is 5.75. The maximum absolute atomic E-state index is 11.7. The van der Waals surface area contributed by atoms with Gasteiger partial charge in [-0.1, -0.05) is 6.92 Å². The first-order valence-electron chi connectivity index (χ1n) is 5.75. The minimum atomic E-state index is -0.996. The number of hydrogen-bond donors (Lipinski definition) is 2. The van der Waals surface area contributed by atoms with E-state index in [-0.39, 0.29) is 18.6 Å². The molecule has 1 atom stereocenters. The van der Waals surface area contributed by atoms with Crippen molar-refractivity contribution < 1.29 is 19.4 Å². The highest BCUT2D eigenvalue weighted by molar-refractivity contribution is 5.78. The van der Waals surface area contributed by atoms with Crippen molar-refractivity contribution in [1.29, 1.82) is 0 Å². The lowest BCUT2D eigenvalue weighted by Crippen LogP contribution is -2.63. The molecule has 17 heavy (non-hydrogen) atoms. The zero-order valence-corrected chi connectivity index (χ0v) is 10.3. The number of likely N-dealkylation sites (tertiary alicyclic amines) is 1. The normalized spacial score (nSPS) is 19.6. The third kappa shape index (κ3) is 3.98. The largest absolute Gasteiger partial charge is 0.480 e. The van der Waals surface area contributed by atoms with Crippen LogP contribution in [0.1, 0.15) is 26.7 Å². The molecule has 98 valence electrons. The molecule has 0 aromatic rings. The second kappa shape index (κ2) is 5.46. The van der Waals surface area contributed by atoms with Gasteiger partial charge in [-0.25, -0.2) is 4.79 Å². The molecular weight excluding hydrogens is 224 g/mol. The Hall–Kier alpha value is -1.14. The van der Waals surface area contributed by atoms with Crippen molar-refractivity contribution in [2.45, 2.75) is 38.3 Å². The smallest absolute Gasteiger partial charge is 0.329 e. The number of carboxylic acids is 1. The Morgan fingerprint density at radius 2 is 2.12 bits per heavy atom. The van der Waals surface area contributed by atoms with Crippen molar-refractivity contribution in [3.8, 4) is 0 Å². The van der Waals surface area contributed by atoms with E-state index in [0.717, 1.165) is 6.42 Å². The Morgan fingerprint density at radius 1 is 1.53 bits per heavy atom. The highest BCUT2D eigenvalue weighted by atomic mass is 16.5. The number of hydrogen-bond acceptors (Lipinski definition) is 4. The molecule has 0 spiro atoms. The second-order valence-electron chi connectivity index (χ2n) is 4.75. The zero-order valence-electron chi connectivity index (χ0n) is 10.3. The molecule has 3 N–H and O–H groups in total. The summed E-state index contributed by atoms with van der Waals surface area (Å²) >= 11 is 0. The number of carbonyl (C=O) groups is 2. The molecule has 1 unspecified atom stereocenters. The standard InChI is InChI=1S/C11H20N2O4/c1-3-8(12)4-9(14)13-6-11(2,7-13)17-5-10(15)16/h8H,3-7,12H2,1-2H3,(H,15,16). The molecule has 1 saturated heterocycles. The van der Waals surface area contributed by atoms with Crippen molar-refractivity contribution in [3.05, 3.63) is 0 Å². The number of carboxylic acid groups (broad SMARTS) is 1. The van der Waals surface area contributed by atoms with Gasteiger partial charge in [0.1, 0.15) is 12.2 Å². The Balaban J connectivity index is 2.30. The van der Waals surface area contributed by atoms with Crippen molar-refractivity contribution in [2.24, 2.45) is 5.73 Å². The van der Waals surface area contributed by atoms with Gasteiger partial charge in [-0.05, 0) is 13.3 Å². The summed E-state index contributed by atoms with van der Waals surface area (Å²) in [5, 5.41) is 8.50. The van der Waals surface area contributed by atoms with E-state index in [1.807, 2.05) is 6.92 Å². The van der Waals surface area contributed by atoms with Gasteiger partial charge in [-0.15, -0.1) is 0 Å². The summed E-state index contributed by atoms with van der Waals surface area (Å²) in [6.45, 7) is 4.30. The Morgan fingerprint density at radius 3 is 2.59 bits per heavy atom. The predicted octanol–water partition coefficient (Wildman–Crippen LogP) is -0.184. The summed E-state index contributed by atoms with van der Waals surface area (Å²) in [7, 11) is 0. The molecular formula is C11H20N2O4. The third-order valence-corrected chi connectivity index (χ3v) is 2.91. The minimum absolute atomic E-state index is 0.00995. The lowest BCUT2D eigenvalue weighted by atomic mass is 9.95. The Bertz CT molecular complexity index is 300. The second-order valence-corrected chi connectivity index (χ2v) is 4.75. The van der Waals surface area contributed by atoms with E-state index in [2.05, 4.69) is 0 Å². The number of nitrogens with zero attached hydrogens (tertiary/aromatic N) is 1. The maximum atomic E-state index is 11.7. The molecule has 1 fully saturated rings. The number of rotatable bonds is 6. The highest BCUT2D eigenvalue weighted by Crippen LogP contribution is 2.25. The molecule has 6 heteroatoms. The van der Waals surface area contributed by atoms with Gasteiger partial charge in [0, 0.05) is 12.5 Å². The molecule has 1 rings (SSSR count). The molecule has 1 heterocycles. The molecule has 0 radical (unpaired) electrons. The van der Waals surface area contributed by atoms with Crippen LogP contribution in [0.5, 0.6) is 0 Å². The van der Waals surface area contributed by atoms with Crippen LogP contribution in [0.2, 0.25) is 0 Å². The number of carbonyl (C=O) groups excluding carboxylic acids is 1. The quantitative estimate of drug-likeness (QED) is 0.676. The first kappa shape index (κ1) is 13.9. The fourth-order valence-corrected chi connectivity index (χ4v) is 1.76. The molecule has 6 nitrogen and oxygen atoms in total. The SMILES string of the molecule is CCC(N)CC(=O)N1CC(C)(OCC(=O)O)C1. The van der Waals surface area contributed by atoms with Crippen LogP contribution in [0, 0.1) is 0 Å². The van der Waals surface area contributed by atoms with E-state index in [0.29, 0.717) is 19.5 Å². The molecule has 1 aliphatic rings. The molecule has 1 amide bonds. The number of nitrogens with two attached hydrogens (primary N) is 1. The van der Waals surface area contributed by atoms with Crippen LogP contribution >= 0.6 is 0 Å². The van der Waals surface area contributed by atoms with Crippen molar-refractivity contribution in [1.82, 2.24) is 4.90 Å². The monoisotopic (exact) mass is 244 g/mol. The van der Waals surface area contributed by atoms with Crippen molar-refractivity contribution in [2.75, 3.05) is 19.7 Å². The fraction of sp³-hybridized carbons (Fsp3) is 0.818. The highest BCUT2D eigenvalue weighted by Gasteiger charge is 2.42. The van der Waals surface area contributed by atoms with Crippen molar-refractivity contribution >= 4 is 11.9 Å². The summed E-state index contributed by atoms with van der Waals surface area (Å²) < 4.78 is 5.21. The Labute approximate surface area is 101 Å². The minimum Gasteiger partial charge on any atom is -0.480 e. The first-order chi connectivity index (χ1) is 7.86. The van der Waals surface area contributed by atoms with Crippen molar-refractivity contribution in [3.63, 3.8) is 0 Å². The predicted molar refractivity (Wildman–Crippen MR) is 61.5 cm³/mol. The molecule has 0 aromatic heterocycles. The number of aliphatic carboxylic acids is 1. The average Bonchev–Trinajstić information content (AvgIpc) is 2.22. The van der Waals surface area contributed by atoms with Crippen LogP contribution < -0.4 is 5.73 Å². The van der Waals surface area contributed by atoms with E-state index in [4.69, 9.17) is 15.6 Å². The molecule has 0 bridgehead atoms. The van der Waals surface area contributed by atoms with E-state index in [1.54, 1.807) is 11.8 Å². The van der Waals surface area contributed by atoms with Crippen LogP contribution in [0.4, 0.5) is 0 Å². The molecule has 0 aromatic carbocycles. The molecule has 1 aliphatic heterocycles. The van der Waals surface area contributed by atoms with Gasteiger partial charge in [-0.2, -0.15) is 0 Å². The van der Waals surface area contributed by atoms with Gasteiger partial charge in [0.15, 0.2) is 0 Å². The summed E-state index contributed by atoms with van der Waals surface area (Å²) in [5.74, 6) is -0.986. The lowest BCUT2D eigenvalue weighted by Gasteiger charge is -2.47. The van der Waals surface area contributed by atoms with E-state index >= 15 is 0 Å². The van der Waals surface area contributed by atoms with Crippen LogP contribution in [-0.2, 0) is 14.3 Å². The van der Waals surface area contributed by atoms with Crippen LogP contribution in [0.25, 0.3) is 0 Å². The zero-order chi connectivity index (χ0) is 13.1. The van der Waals surface area contributed by atoms with E-state index < -0.39 is 11.6 Å². The van der Waals surface area contributed by atoms with Gasteiger partial charge < -0.3 is 20.5 Å². The van der Waals surface area contributed by atoms with Gasteiger partial charge in [-0.3, -0.25) is 4.79 Å². The average molecular weight is 244 g/mol. The van der Waals surface area contributed by atoms with Gasteiger partial charge in [0.25, 0.3) is 0 Å². The summed E-state index contributed by atoms with van der Waals surface area (Å²) in [6.07, 6.45) is 1.11. The molecule has 0 saturated carbocycles. The number of amides is 1. The molecule has 0 aliphatic carbocycles. The Kier molecular flexibility index (Phi) is 4.47. The fourth-order valence-electron chi connectivity index (χ4n) is 1.76. The summed E-state index contributed by atoms with van der Waals surface area (Å²) in [5.41, 5.74) is 5.18. The summed E-state index contributed by atoms with van der Waals surface area (Å²) in [6, 6.07) is -0.103. The third-order valence-electron chi connectivity index (χ3n) is 2.91.